The van der Waals surface area contributed by atoms with Crippen LogP contribution < -0.4 is 4.74 Å². The third kappa shape index (κ3) is 4.58. The van der Waals surface area contributed by atoms with Crippen molar-refractivity contribution < 1.29 is 19.1 Å². The highest BCUT2D eigenvalue weighted by atomic mass is 16.5. The Morgan fingerprint density at radius 3 is 2.65 bits per heavy atom. The third-order valence-corrected chi connectivity index (χ3v) is 6.30. The van der Waals surface area contributed by atoms with E-state index in [0.29, 0.717) is 18.8 Å². The number of ether oxygens (including phenoxy) is 2. The predicted molar refractivity (Wildman–Crippen MR) is 122 cm³/mol. The molecule has 0 saturated carbocycles. The van der Waals surface area contributed by atoms with Crippen molar-refractivity contribution in [2.24, 2.45) is 11.3 Å². The maximum atomic E-state index is 13.2. The van der Waals surface area contributed by atoms with Crippen LogP contribution in [0.2, 0.25) is 0 Å². The second-order valence-corrected chi connectivity index (χ2v) is 9.34. The normalized spacial score (nSPS) is 19.9. The van der Waals surface area contributed by atoms with Gasteiger partial charge in [0.25, 0.3) is 0 Å². The molecule has 0 N–H and O–H groups in total. The molecule has 0 spiro atoms. The quantitative estimate of drug-likeness (QED) is 0.666. The first-order valence-corrected chi connectivity index (χ1v) is 10.6. The smallest absolute Gasteiger partial charge is 0.328 e. The molecule has 1 amide bonds. The number of pyridine rings is 1. The van der Waals surface area contributed by atoms with Crippen LogP contribution in [0.3, 0.4) is 0 Å². The maximum absolute atomic E-state index is 13.2. The highest BCUT2D eigenvalue weighted by Gasteiger charge is 2.44. The molecule has 166 valence electrons. The lowest BCUT2D eigenvalue weighted by atomic mass is 9.81. The van der Waals surface area contributed by atoms with E-state index in [2.05, 4.69) is 17.6 Å². The molecule has 2 heterocycles. The number of carbonyl (C=O) groups excluding carboxylic acids is 2. The van der Waals surface area contributed by atoms with Crippen molar-refractivity contribution in [1.82, 2.24) is 9.88 Å². The number of nitrogens with zero attached hydrogens (tertiary/aromatic N) is 2. The van der Waals surface area contributed by atoms with E-state index < -0.39 is 12.0 Å². The fourth-order valence-corrected chi connectivity index (χ4v) is 3.90. The fourth-order valence-electron chi connectivity index (χ4n) is 3.90. The summed E-state index contributed by atoms with van der Waals surface area (Å²) in [6, 6.07) is 5.37. The van der Waals surface area contributed by atoms with Gasteiger partial charge in [-0.1, -0.05) is 46.4 Å². The second-order valence-electron chi connectivity index (χ2n) is 9.34. The number of carbonyl (C=O) groups is 2. The van der Waals surface area contributed by atoms with Gasteiger partial charge < -0.3 is 14.4 Å². The zero-order chi connectivity index (χ0) is 22.9. The molecule has 0 aliphatic carbocycles. The number of aryl methyl sites for hydroxylation is 1. The predicted octanol–water partition coefficient (Wildman–Crippen LogP) is 4.39. The Balaban J connectivity index is 1.90. The van der Waals surface area contributed by atoms with Crippen LogP contribution in [0.4, 0.5) is 0 Å². The number of amides is 1. The summed E-state index contributed by atoms with van der Waals surface area (Å²) in [4.78, 5) is 31.7. The fraction of sp³-hybridized carbons (Fsp3) is 0.480. The molecular weight excluding hydrogens is 392 g/mol. The van der Waals surface area contributed by atoms with Crippen LogP contribution in [-0.2, 0) is 14.3 Å². The number of likely N-dealkylation sites (tertiary alicyclic amines) is 1. The summed E-state index contributed by atoms with van der Waals surface area (Å²) in [5.74, 6) is -0.236. The van der Waals surface area contributed by atoms with E-state index in [1.54, 1.807) is 11.1 Å². The Bertz CT molecular complexity index is 1010. The summed E-state index contributed by atoms with van der Waals surface area (Å²) < 4.78 is 11.2. The summed E-state index contributed by atoms with van der Waals surface area (Å²) in [5, 5.41) is 1.90. The van der Waals surface area contributed by atoms with Gasteiger partial charge in [-0.25, -0.2) is 9.78 Å². The monoisotopic (exact) mass is 424 g/mol. The number of aromatic nitrogens is 1. The molecule has 3 rings (SSSR count). The lowest BCUT2D eigenvalue weighted by molar-refractivity contribution is -0.153. The molecule has 1 fully saturated rings. The summed E-state index contributed by atoms with van der Waals surface area (Å²) in [6.45, 7) is 14.2. The largest absolute Gasteiger partial charge is 0.472 e. The number of rotatable bonds is 5. The van der Waals surface area contributed by atoms with E-state index in [4.69, 9.17) is 9.47 Å². The Hall–Kier alpha value is -2.89. The van der Waals surface area contributed by atoms with Gasteiger partial charge in [0.05, 0.1) is 13.7 Å². The van der Waals surface area contributed by atoms with E-state index >= 15 is 0 Å². The topological polar surface area (TPSA) is 68.7 Å². The zero-order valence-corrected chi connectivity index (χ0v) is 19.3. The van der Waals surface area contributed by atoms with Gasteiger partial charge in [0.2, 0.25) is 11.8 Å². The number of hydrogen-bond donors (Lipinski definition) is 0. The molecule has 1 saturated heterocycles. The number of hydrogen-bond acceptors (Lipinski definition) is 5. The van der Waals surface area contributed by atoms with E-state index in [1.807, 2.05) is 52.8 Å². The van der Waals surface area contributed by atoms with E-state index in [-0.39, 0.29) is 23.3 Å². The van der Waals surface area contributed by atoms with Gasteiger partial charge in [0, 0.05) is 23.9 Å². The third-order valence-electron chi connectivity index (χ3n) is 6.30. The van der Waals surface area contributed by atoms with Gasteiger partial charge in [0.1, 0.15) is 12.1 Å². The molecule has 1 aromatic carbocycles. The Morgan fingerprint density at radius 2 is 2.03 bits per heavy atom. The van der Waals surface area contributed by atoms with Gasteiger partial charge in [0.15, 0.2) is 0 Å². The minimum atomic E-state index is -0.659. The summed E-state index contributed by atoms with van der Waals surface area (Å²) in [5.41, 5.74) is 1.92. The van der Waals surface area contributed by atoms with Crippen LogP contribution in [0.25, 0.3) is 16.8 Å². The molecule has 31 heavy (non-hydrogen) atoms. The van der Waals surface area contributed by atoms with Crippen LogP contribution in [0, 0.1) is 18.3 Å². The highest BCUT2D eigenvalue weighted by molar-refractivity contribution is 5.90. The van der Waals surface area contributed by atoms with Crippen LogP contribution >= 0.6 is 0 Å². The molecule has 1 aromatic heterocycles. The Morgan fingerprint density at radius 1 is 1.32 bits per heavy atom. The minimum Gasteiger partial charge on any atom is -0.472 e. The van der Waals surface area contributed by atoms with E-state index in [9.17, 15) is 9.59 Å². The summed E-state index contributed by atoms with van der Waals surface area (Å²) in [7, 11) is 1.35. The standard InChI is InChI=1S/C25H32N2O4/c1-8-17-12-20-18(11-15(17)2)9-10-26-22(20)31-19-13-21(24(29)30-7)27(14-19)23(28)16(3)25(4,5)6/h8-12,16,19,21H,1,13-14H2,2-7H3/t16-,19-,21+/m1/s1. The summed E-state index contributed by atoms with van der Waals surface area (Å²) >= 11 is 0. The highest BCUT2D eigenvalue weighted by Crippen LogP contribution is 2.33. The van der Waals surface area contributed by atoms with Crippen LogP contribution in [0.5, 0.6) is 5.88 Å². The first kappa shape index (κ1) is 22.8. The molecule has 2 aromatic rings. The molecule has 6 heteroatoms. The van der Waals surface area contributed by atoms with Crippen molar-refractivity contribution in [3.8, 4) is 5.88 Å². The van der Waals surface area contributed by atoms with Crippen molar-refractivity contribution in [3.63, 3.8) is 0 Å². The lowest BCUT2D eigenvalue weighted by Crippen LogP contribution is -2.46. The zero-order valence-electron chi connectivity index (χ0n) is 19.3. The number of esters is 1. The van der Waals surface area contributed by atoms with Crippen molar-refractivity contribution >= 4 is 28.7 Å². The average Bonchev–Trinajstić information content (AvgIpc) is 3.14. The van der Waals surface area contributed by atoms with Crippen LogP contribution in [-0.4, -0.2) is 47.6 Å². The van der Waals surface area contributed by atoms with Gasteiger partial charge in [-0.15, -0.1) is 0 Å². The minimum absolute atomic E-state index is 0.0653. The van der Waals surface area contributed by atoms with Crippen molar-refractivity contribution in [2.75, 3.05) is 13.7 Å². The number of fused-ring (bicyclic) bond motifs is 1. The first-order chi connectivity index (χ1) is 14.6. The molecule has 3 atom stereocenters. The molecular formula is C25H32N2O4. The van der Waals surface area contributed by atoms with Crippen molar-refractivity contribution in [1.29, 1.82) is 0 Å². The molecule has 6 nitrogen and oxygen atoms in total. The van der Waals surface area contributed by atoms with Gasteiger partial charge >= 0.3 is 5.97 Å². The first-order valence-electron chi connectivity index (χ1n) is 10.6. The molecule has 0 radical (unpaired) electrons. The second kappa shape index (κ2) is 8.69. The van der Waals surface area contributed by atoms with Gasteiger partial charge in [-0.05, 0) is 41.0 Å². The van der Waals surface area contributed by atoms with Gasteiger partial charge in [-0.2, -0.15) is 0 Å². The van der Waals surface area contributed by atoms with E-state index in [0.717, 1.165) is 21.9 Å². The number of benzene rings is 1. The maximum Gasteiger partial charge on any atom is 0.328 e. The van der Waals surface area contributed by atoms with Gasteiger partial charge in [-0.3, -0.25) is 4.79 Å². The summed E-state index contributed by atoms with van der Waals surface area (Å²) in [6.07, 6.45) is 3.53. The average molecular weight is 425 g/mol. The van der Waals surface area contributed by atoms with E-state index in [1.165, 1.54) is 7.11 Å². The Kier molecular flexibility index (Phi) is 6.39. The number of methoxy groups -OCH3 is 1. The molecule has 1 aliphatic heterocycles. The van der Waals surface area contributed by atoms with Crippen molar-refractivity contribution in [3.05, 3.63) is 42.1 Å². The lowest BCUT2D eigenvalue weighted by Gasteiger charge is -2.32. The Labute approximate surface area is 184 Å². The SMILES string of the molecule is C=Cc1cc2c(O[C@@H]3C[C@@H](C(=O)OC)N(C(=O)[C@@H](C)C(C)(C)C)C3)nccc2cc1C. The van der Waals surface area contributed by atoms with Crippen LogP contribution in [0.1, 0.15) is 45.2 Å². The molecule has 0 unspecified atom stereocenters. The molecule has 1 aliphatic rings. The molecule has 0 bridgehead atoms. The van der Waals surface area contributed by atoms with Crippen LogP contribution in [0.15, 0.2) is 31.0 Å². The van der Waals surface area contributed by atoms with Crippen molar-refractivity contribution in [2.45, 2.75) is 53.2 Å².